The molecular formula is C15H15NO3S. The lowest BCUT2D eigenvalue weighted by atomic mass is 10.3. The normalized spacial score (nSPS) is 14.8. The Hall–Kier alpha value is -2.01. The van der Waals surface area contributed by atoms with Gasteiger partial charge in [-0.25, -0.2) is 8.42 Å². The number of sulfonamides is 1. The fourth-order valence-corrected chi connectivity index (χ4v) is 3.23. The van der Waals surface area contributed by atoms with Gasteiger partial charge < -0.3 is 4.74 Å². The van der Waals surface area contributed by atoms with Crippen molar-refractivity contribution in [1.82, 2.24) is 0 Å². The molecule has 1 saturated carbocycles. The van der Waals surface area contributed by atoms with Gasteiger partial charge in [0.25, 0.3) is 0 Å². The average molecular weight is 289 g/mol. The molecule has 3 rings (SSSR count). The first-order chi connectivity index (χ1) is 9.63. The van der Waals surface area contributed by atoms with Gasteiger partial charge in [-0.05, 0) is 49.2 Å². The summed E-state index contributed by atoms with van der Waals surface area (Å²) in [6, 6.07) is 16.4. The number of anilines is 1. The van der Waals surface area contributed by atoms with E-state index in [-0.39, 0.29) is 5.25 Å². The molecule has 1 aliphatic carbocycles. The van der Waals surface area contributed by atoms with Crippen molar-refractivity contribution in [2.24, 2.45) is 0 Å². The van der Waals surface area contributed by atoms with Crippen LogP contribution in [-0.2, 0) is 10.0 Å². The third-order valence-corrected chi connectivity index (χ3v) is 4.93. The van der Waals surface area contributed by atoms with E-state index in [0.717, 1.165) is 18.6 Å². The zero-order chi connectivity index (χ0) is 14.0. The van der Waals surface area contributed by atoms with Crippen LogP contribution in [0, 0.1) is 0 Å². The van der Waals surface area contributed by atoms with Crippen LogP contribution in [0.2, 0.25) is 0 Å². The SMILES string of the molecule is O=S(=O)(Nc1ccc(Oc2ccccc2)cc1)C1CC1. The zero-order valence-electron chi connectivity index (χ0n) is 10.8. The Bertz CT molecular complexity index is 677. The second-order valence-corrected chi connectivity index (χ2v) is 6.75. The van der Waals surface area contributed by atoms with E-state index in [0.29, 0.717) is 11.4 Å². The predicted octanol–water partition coefficient (Wildman–Crippen LogP) is 3.38. The third kappa shape index (κ3) is 3.11. The van der Waals surface area contributed by atoms with Gasteiger partial charge in [-0.15, -0.1) is 0 Å². The molecule has 1 fully saturated rings. The topological polar surface area (TPSA) is 55.4 Å². The van der Waals surface area contributed by atoms with E-state index in [2.05, 4.69) is 4.72 Å². The van der Waals surface area contributed by atoms with Gasteiger partial charge in [0.2, 0.25) is 10.0 Å². The van der Waals surface area contributed by atoms with Crippen molar-refractivity contribution in [3.63, 3.8) is 0 Å². The molecule has 2 aromatic rings. The highest BCUT2D eigenvalue weighted by atomic mass is 32.2. The van der Waals surface area contributed by atoms with E-state index in [1.54, 1.807) is 24.3 Å². The lowest BCUT2D eigenvalue weighted by Crippen LogP contribution is -2.17. The van der Waals surface area contributed by atoms with Gasteiger partial charge in [0.15, 0.2) is 0 Å². The number of rotatable bonds is 5. The maximum atomic E-state index is 11.8. The van der Waals surface area contributed by atoms with Crippen LogP contribution in [0.1, 0.15) is 12.8 Å². The van der Waals surface area contributed by atoms with Crippen LogP contribution in [0.5, 0.6) is 11.5 Å². The average Bonchev–Trinajstić information content (AvgIpc) is 3.27. The first kappa shape index (κ1) is 13.0. The lowest BCUT2D eigenvalue weighted by Gasteiger charge is -2.09. The maximum absolute atomic E-state index is 11.8. The van der Waals surface area contributed by atoms with Gasteiger partial charge in [0, 0.05) is 5.69 Å². The molecule has 0 heterocycles. The molecule has 2 aromatic carbocycles. The largest absolute Gasteiger partial charge is 0.457 e. The van der Waals surface area contributed by atoms with Crippen molar-refractivity contribution in [2.45, 2.75) is 18.1 Å². The number of benzene rings is 2. The Morgan fingerprint density at radius 1 is 0.900 bits per heavy atom. The first-order valence-electron chi connectivity index (χ1n) is 6.48. The summed E-state index contributed by atoms with van der Waals surface area (Å²) in [4.78, 5) is 0. The van der Waals surface area contributed by atoms with Crippen molar-refractivity contribution in [3.8, 4) is 11.5 Å². The minimum absolute atomic E-state index is 0.220. The Kier molecular flexibility index (Phi) is 3.36. The van der Waals surface area contributed by atoms with E-state index < -0.39 is 10.0 Å². The quantitative estimate of drug-likeness (QED) is 0.918. The van der Waals surface area contributed by atoms with Crippen LogP contribution >= 0.6 is 0 Å². The number of hydrogen-bond donors (Lipinski definition) is 1. The molecule has 4 nitrogen and oxygen atoms in total. The molecule has 0 aromatic heterocycles. The summed E-state index contributed by atoms with van der Waals surface area (Å²) in [7, 11) is -3.20. The molecule has 0 bridgehead atoms. The van der Waals surface area contributed by atoms with Gasteiger partial charge in [-0.2, -0.15) is 0 Å². The van der Waals surface area contributed by atoms with Gasteiger partial charge >= 0.3 is 0 Å². The molecule has 104 valence electrons. The highest BCUT2D eigenvalue weighted by Crippen LogP contribution is 2.30. The molecular weight excluding hydrogens is 274 g/mol. The molecule has 0 radical (unpaired) electrons. The molecule has 0 spiro atoms. The lowest BCUT2D eigenvalue weighted by molar-refractivity contribution is 0.483. The Labute approximate surface area is 118 Å². The summed E-state index contributed by atoms with van der Waals surface area (Å²) in [5.74, 6) is 1.42. The van der Waals surface area contributed by atoms with Crippen LogP contribution in [0.4, 0.5) is 5.69 Å². The van der Waals surface area contributed by atoms with Crippen molar-refractivity contribution in [3.05, 3.63) is 54.6 Å². The van der Waals surface area contributed by atoms with Crippen LogP contribution in [0.15, 0.2) is 54.6 Å². The maximum Gasteiger partial charge on any atom is 0.235 e. The molecule has 5 heteroatoms. The summed E-state index contributed by atoms with van der Waals surface area (Å²) in [5.41, 5.74) is 0.567. The minimum Gasteiger partial charge on any atom is -0.457 e. The molecule has 0 saturated heterocycles. The number of hydrogen-bond acceptors (Lipinski definition) is 3. The molecule has 1 N–H and O–H groups in total. The standard InChI is InChI=1S/C15H15NO3S/c17-20(18,15-10-11-15)16-12-6-8-14(9-7-12)19-13-4-2-1-3-5-13/h1-9,15-16H,10-11H2. The second kappa shape index (κ2) is 5.17. The predicted molar refractivity (Wildman–Crippen MR) is 78.5 cm³/mol. The van der Waals surface area contributed by atoms with Gasteiger partial charge in [-0.3, -0.25) is 4.72 Å². The Morgan fingerprint density at radius 2 is 1.50 bits per heavy atom. The van der Waals surface area contributed by atoms with Crippen LogP contribution in [0.3, 0.4) is 0 Å². The summed E-state index contributed by atoms with van der Waals surface area (Å²) in [6.07, 6.45) is 1.51. The summed E-state index contributed by atoms with van der Waals surface area (Å²) >= 11 is 0. The van der Waals surface area contributed by atoms with E-state index in [4.69, 9.17) is 4.74 Å². The number of nitrogens with one attached hydrogen (secondary N) is 1. The molecule has 0 aliphatic heterocycles. The Balaban J connectivity index is 1.68. The van der Waals surface area contributed by atoms with Gasteiger partial charge in [0.05, 0.1) is 5.25 Å². The van der Waals surface area contributed by atoms with Crippen LogP contribution in [0.25, 0.3) is 0 Å². The third-order valence-electron chi connectivity index (χ3n) is 3.06. The molecule has 20 heavy (non-hydrogen) atoms. The van der Waals surface area contributed by atoms with Crippen LogP contribution < -0.4 is 9.46 Å². The smallest absolute Gasteiger partial charge is 0.235 e. The first-order valence-corrected chi connectivity index (χ1v) is 8.03. The van der Waals surface area contributed by atoms with Gasteiger partial charge in [-0.1, -0.05) is 18.2 Å². The van der Waals surface area contributed by atoms with E-state index >= 15 is 0 Å². The van der Waals surface area contributed by atoms with E-state index in [1.165, 1.54) is 0 Å². The zero-order valence-corrected chi connectivity index (χ0v) is 11.6. The second-order valence-electron chi connectivity index (χ2n) is 4.79. The number of ether oxygens (including phenoxy) is 1. The van der Waals surface area contributed by atoms with E-state index in [1.807, 2.05) is 30.3 Å². The summed E-state index contributed by atoms with van der Waals surface area (Å²) in [5, 5.41) is -0.220. The monoisotopic (exact) mass is 289 g/mol. The van der Waals surface area contributed by atoms with Crippen molar-refractivity contribution in [1.29, 1.82) is 0 Å². The fraction of sp³-hybridized carbons (Fsp3) is 0.200. The Morgan fingerprint density at radius 3 is 2.10 bits per heavy atom. The van der Waals surface area contributed by atoms with E-state index in [9.17, 15) is 8.42 Å². The van der Waals surface area contributed by atoms with Crippen molar-refractivity contribution >= 4 is 15.7 Å². The van der Waals surface area contributed by atoms with Gasteiger partial charge in [0.1, 0.15) is 11.5 Å². The van der Waals surface area contributed by atoms with Crippen LogP contribution in [-0.4, -0.2) is 13.7 Å². The molecule has 0 amide bonds. The summed E-state index contributed by atoms with van der Waals surface area (Å²) in [6.45, 7) is 0. The highest BCUT2D eigenvalue weighted by Gasteiger charge is 2.35. The molecule has 0 atom stereocenters. The molecule has 1 aliphatic rings. The number of para-hydroxylation sites is 1. The fourth-order valence-electron chi connectivity index (χ4n) is 1.84. The minimum atomic E-state index is -3.20. The van der Waals surface area contributed by atoms with Crippen molar-refractivity contribution in [2.75, 3.05) is 4.72 Å². The molecule has 0 unspecified atom stereocenters. The highest BCUT2D eigenvalue weighted by molar-refractivity contribution is 7.93. The summed E-state index contributed by atoms with van der Waals surface area (Å²) < 4.78 is 31.8. The van der Waals surface area contributed by atoms with Crippen molar-refractivity contribution < 1.29 is 13.2 Å².